The van der Waals surface area contributed by atoms with Gasteiger partial charge in [0, 0.05) is 30.3 Å². The minimum absolute atomic E-state index is 0.920. The highest BCUT2D eigenvalue weighted by molar-refractivity contribution is 6.18. The lowest BCUT2D eigenvalue weighted by Gasteiger charge is -2.25. The number of rotatable bonds is 5. The molecule has 0 spiro atoms. The molecule has 136 valence electrons. The van der Waals surface area contributed by atoms with Crippen molar-refractivity contribution in [3.8, 4) is 0 Å². The number of quaternary nitrogens is 1. The maximum atomic E-state index is 5.05. The molecule has 27 heavy (non-hydrogen) atoms. The summed E-state index contributed by atoms with van der Waals surface area (Å²) >= 11 is 0. The summed E-state index contributed by atoms with van der Waals surface area (Å²) in [5.74, 6) is 0.935. The Morgan fingerprint density at radius 2 is 1.67 bits per heavy atom. The highest BCUT2D eigenvalue weighted by Gasteiger charge is 2.24. The van der Waals surface area contributed by atoms with Gasteiger partial charge in [-0.25, -0.2) is 9.98 Å². The van der Waals surface area contributed by atoms with Crippen molar-refractivity contribution in [3.63, 3.8) is 0 Å². The van der Waals surface area contributed by atoms with Gasteiger partial charge in [-0.15, -0.1) is 0 Å². The maximum absolute atomic E-state index is 5.05. The van der Waals surface area contributed by atoms with Gasteiger partial charge in [-0.1, -0.05) is 48.5 Å². The van der Waals surface area contributed by atoms with Crippen LogP contribution in [-0.4, -0.2) is 37.9 Å². The number of anilines is 2. The topological polar surface area (TPSA) is 32.9 Å². The van der Waals surface area contributed by atoms with Gasteiger partial charge in [-0.05, 0) is 18.2 Å². The Morgan fingerprint density at radius 3 is 2.48 bits per heavy atom. The van der Waals surface area contributed by atoms with E-state index in [2.05, 4.69) is 73.6 Å². The molecule has 2 aromatic carbocycles. The highest BCUT2D eigenvalue weighted by atomic mass is 15.2. The third-order valence-corrected chi connectivity index (χ3v) is 4.81. The number of aliphatic imine (C=N–C) groups is 1. The molecule has 0 fully saturated rings. The molecule has 3 aromatic rings. The van der Waals surface area contributed by atoms with Crippen LogP contribution in [0.2, 0.25) is 0 Å². The van der Waals surface area contributed by atoms with Crippen LogP contribution in [0, 0.1) is 0 Å². The lowest BCUT2D eigenvalue weighted by atomic mass is 10.00. The van der Waals surface area contributed by atoms with E-state index in [-0.39, 0.29) is 0 Å². The maximum Gasteiger partial charge on any atom is 0.159 e. The van der Waals surface area contributed by atoms with Crippen molar-refractivity contribution in [3.05, 3.63) is 84.1 Å². The summed E-state index contributed by atoms with van der Waals surface area (Å²) in [5, 5.41) is 0. The van der Waals surface area contributed by atoms with E-state index in [0.717, 1.165) is 47.9 Å². The fraction of sp³-hybridized carbons (Fsp3) is 0.217. The average Bonchev–Trinajstić information content (AvgIpc) is 2.84. The zero-order chi connectivity index (χ0) is 18.6. The molecule has 1 aliphatic heterocycles. The molecule has 0 radical (unpaired) electrons. The molecule has 1 aliphatic rings. The fourth-order valence-corrected chi connectivity index (χ4v) is 3.52. The summed E-state index contributed by atoms with van der Waals surface area (Å²) in [6.07, 6.45) is 2.95. The highest BCUT2D eigenvalue weighted by Crippen LogP contribution is 2.38. The number of fused-ring (bicyclic) bond motifs is 2. The van der Waals surface area contributed by atoms with Crippen LogP contribution in [-0.2, 0) is 0 Å². The first kappa shape index (κ1) is 17.4. The molecular weight excluding hydrogens is 332 g/mol. The van der Waals surface area contributed by atoms with Crippen LogP contribution in [0.15, 0.2) is 77.9 Å². The first-order chi connectivity index (χ1) is 13.2. The molecule has 1 aromatic heterocycles. The van der Waals surface area contributed by atoms with Crippen molar-refractivity contribution >= 4 is 22.9 Å². The molecule has 1 N–H and O–H groups in total. The first-order valence-corrected chi connectivity index (χ1v) is 9.49. The second-order valence-electron chi connectivity index (χ2n) is 7.15. The van der Waals surface area contributed by atoms with Crippen molar-refractivity contribution in [2.75, 3.05) is 32.1 Å². The fourth-order valence-electron chi connectivity index (χ4n) is 3.52. The number of nitrogens with zero attached hydrogens (tertiary/aromatic N) is 3. The number of hydrogen-bond donors (Lipinski definition) is 1. The Bertz CT molecular complexity index is 947. The predicted octanol–water partition coefficient (Wildman–Crippen LogP) is 3.24. The minimum atomic E-state index is 0.920. The Balaban J connectivity index is 1.86. The molecule has 0 saturated heterocycles. The lowest BCUT2D eigenvalue weighted by molar-refractivity contribution is -0.858. The summed E-state index contributed by atoms with van der Waals surface area (Å²) in [5.41, 5.74) is 5.37. The molecule has 4 rings (SSSR count). The molecule has 0 aliphatic carbocycles. The van der Waals surface area contributed by atoms with E-state index in [4.69, 9.17) is 9.98 Å². The van der Waals surface area contributed by atoms with Gasteiger partial charge >= 0.3 is 0 Å². The van der Waals surface area contributed by atoms with E-state index in [9.17, 15) is 0 Å². The van der Waals surface area contributed by atoms with Crippen LogP contribution in [0.1, 0.15) is 17.5 Å². The Hall–Kier alpha value is -2.98. The van der Waals surface area contributed by atoms with Gasteiger partial charge in [0.15, 0.2) is 5.82 Å². The van der Waals surface area contributed by atoms with Crippen molar-refractivity contribution in [2.45, 2.75) is 6.42 Å². The van der Waals surface area contributed by atoms with Gasteiger partial charge < -0.3 is 9.80 Å². The van der Waals surface area contributed by atoms with Crippen LogP contribution >= 0.6 is 0 Å². The second-order valence-corrected chi connectivity index (χ2v) is 7.15. The van der Waals surface area contributed by atoms with Crippen LogP contribution in [0.25, 0.3) is 0 Å². The number of nitrogens with one attached hydrogen (secondary N) is 1. The second kappa shape index (κ2) is 7.72. The van der Waals surface area contributed by atoms with Crippen LogP contribution in [0.3, 0.4) is 0 Å². The molecule has 4 nitrogen and oxygen atoms in total. The van der Waals surface area contributed by atoms with Crippen molar-refractivity contribution in [1.29, 1.82) is 0 Å². The number of pyridine rings is 1. The van der Waals surface area contributed by atoms with E-state index in [1.165, 1.54) is 10.6 Å². The average molecular weight is 357 g/mol. The lowest BCUT2D eigenvalue weighted by Crippen LogP contribution is -3.05. The smallest absolute Gasteiger partial charge is 0.159 e. The summed E-state index contributed by atoms with van der Waals surface area (Å²) in [6, 6.07) is 23.0. The summed E-state index contributed by atoms with van der Waals surface area (Å²) in [6.45, 7) is 2.04. The van der Waals surface area contributed by atoms with Gasteiger partial charge in [0.2, 0.25) is 0 Å². The monoisotopic (exact) mass is 357 g/mol. The van der Waals surface area contributed by atoms with Crippen molar-refractivity contribution in [1.82, 2.24) is 4.98 Å². The van der Waals surface area contributed by atoms with Crippen LogP contribution in [0.4, 0.5) is 17.2 Å². The van der Waals surface area contributed by atoms with Crippen molar-refractivity contribution in [2.24, 2.45) is 4.99 Å². The Morgan fingerprint density at radius 1 is 0.889 bits per heavy atom. The van der Waals surface area contributed by atoms with E-state index in [1.54, 1.807) is 0 Å². The minimum Gasteiger partial charge on any atom is -0.340 e. The van der Waals surface area contributed by atoms with Gasteiger partial charge in [0.1, 0.15) is 5.69 Å². The molecular formula is C23H25N4+. The zero-order valence-electron chi connectivity index (χ0n) is 15.9. The van der Waals surface area contributed by atoms with E-state index < -0.39 is 0 Å². The third kappa shape index (κ3) is 3.62. The molecule has 0 bridgehead atoms. The number of para-hydroxylation sites is 1. The third-order valence-electron chi connectivity index (χ3n) is 4.81. The van der Waals surface area contributed by atoms with Crippen molar-refractivity contribution < 1.29 is 4.90 Å². The first-order valence-electron chi connectivity index (χ1n) is 9.49. The van der Waals surface area contributed by atoms with Crippen LogP contribution in [0.5, 0.6) is 0 Å². The molecule has 0 unspecified atom stereocenters. The summed E-state index contributed by atoms with van der Waals surface area (Å²) in [7, 11) is 4.39. The summed E-state index contributed by atoms with van der Waals surface area (Å²) < 4.78 is 0. The van der Waals surface area contributed by atoms with Gasteiger partial charge in [-0.3, -0.25) is 0 Å². The number of hydrogen-bond acceptors (Lipinski definition) is 3. The normalized spacial score (nSPS) is 13.0. The SMILES string of the molecule is C[NH+](C)CCCN1c2ccccc2C(c2ccccc2)=Nc2cccnc21. The zero-order valence-corrected chi connectivity index (χ0v) is 15.9. The largest absolute Gasteiger partial charge is 0.340 e. The molecule has 0 saturated carbocycles. The summed E-state index contributed by atoms with van der Waals surface area (Å²) in [4.78, 5) is 13.5. The quantitative estimate of drug-likeness (QED) is 0.760. The molecule has 4 heteroatoms. The molecule has 0 atom stereocenters. The van der Waals surface area contributed by atoms with Gasteiger partial charge in [-0.2, -0.15) is 0 Å². The Labute approximate surface area is 160 Å². The van der Waals surface area contributed by atoms with E-state index in [1.807, 2.05) is 18.3 Å². The van der Waals surface area contributed by atoms with Gasteiger partial charge in [0.05, 0.1) is 32.0 Å². The van der Waals surface area contributed by atoms with Crippen LogP contribution < -0.4 is 9.80 Å². The van der Waals surface area contributed by atoms with E-state index in [0.29, 0.717) is 0 Å². The Kier molecular flexibility index (Phi) is 4.99. The molecule has 0 amide bonds. The standard InChI is InChI=1S/C23H24N4/c1-26(2)16-9-17-27-21-14-7-6-12-19(21)22(18-10-4-3-5-11-18)25-20-13-8-15-24-23(20)27/h3-8,10-15H,9,16-17H2,1-2H3/p+1. The van der Waals surface area contributed by atoms with E-state index >= 15 is 0 Å². The predicted molar refractivity (Wildman–Crippen MR) is 112 cm³/mol. The number of aromatic nitrogens is 1. The molecule has 2 heterocycles. The number of benzene rings is 2. The van der Waals surface area contributed by atoms with Gasteiger partial charge in [0.25, 0.3) is 0 Å².